The minimum atomic E-state index is -0.517. The van der Waals surface area contributed by atoms with Crippen molar-refractivity contribution in [1.29, 1.82) is 5.26 Å². The van der Waals surface area contributed by atoms with E-state index in [9.17, 15) is 14.9 Å². The van der Waals surface area contributed by atoms with Gasteiger partial charge in [-0.05, 0) is 49.6 Å². The molecule has 1 atom stereocenters. The Morgan fingerprint density at radius 3 is 2.50 bits per heavy atom. The van der Waals surface area contributed by atoms with E-state index < -0.39 is 5.91 Å². The van der Waals surface area contributed by atoms with Gasteiger partial charge in [0, 0.05) is 11.4 Å². The molecule has 0 aliphatic carbocycles. The highest BCUT2D eigenvalue weighted by atomic mass is 32.2. The number of benzene rings is 2. The Kier molecular flexibility index (Phi) is 5.86. The van der Waals surface area contributed by atoms with Crippen LogP contribution in [0.4, 0.5) is 11.4 Å². The van der Waals surface area contributed by atoms with Gasteiger partial charge in [0.2, 0.25) is 5.91 Å². The number of carbonyl (C=O) groups excluding carboxylic acids is 2. The number of hydrogen-bond acceptors (Lipinski definition) is 4. The number of anilines is 2. The van der Waals surface area contributed by atoms with Crippen molar-refractivity contribution < 1.29 is 9.59 Å². The molecule has 28 heavy (non-hydrogen) atoms. The van der Waals surface area contributed by atoms with Gasteiger partial charge in [0.05, 0.1) is 5.25 Å². The van der Waals surface area contributed by atoms with Crippen molar-refractivity contribution in [2.45, 2.75) is 32.4 Å². The van der Waals surface area contributed by atoms with Crippen LogP contribution >= 0.6 is 11.8 Å². The van der Waals surface area contributed by atoms with Crippen molar-refractivity contribution in [3.05, 3.63) is 70.3 Å². The first-order valence-electron chi connectivity index (χ1n) is 9.07. The minimum absolute atomic E-state index is 0.0643. The molecule has 0 aromatic heterocycles. The number of thioether (sulfide) groups is 1. The van der Waals surface area contributed by atoms with Gasteiger partial charge in [-0.2, -0.15) is 5.26 Å². The molecular weight excluding hydrogens is 370 g/mol. The summed E-state index contributed by atoms with van der Waals surface area (Å²) in [5.41, 5.74) is 3.28. The Morgan fingerprint density at radius 2 is 1.89 bits per heavy atom. The number of aryl methyl sites for hydroxylation is 2. The molecule has 3 rings (SSSR count). The molecule has 0 saturated carbocycles. The SMILES string of the molecule is CCc1ccc(N2C(=O)C(C)S/C2=C(/C#N)C(=O)Nc2ccccc2C)cc1. The molecule has 1 unspecified atom stereocenters. The van der Waals surface area contributed by atoms with Gasteiger partial charge >= 0.3 is 0 Å². The van der Waals surface area contributed by atoms with Crippen LogP contribution < -0.4 is 10.2 Å². The van der Waals surface area contributed by atoms with Crippen molar-refractivity contribution in [1.82, 2.24) is 0 Å². The summed E-state index contributed by atoms with van der Waals surface area (Å²) < 4.78 is 0. The summed E-state index contributed by atoms with van der Waals surface area (Å²) in [5, 5.41) is 12.5. The number of amides is 2. The quantitative estimate of drug-likeness (QED) is 0.619. The van der Waals surface area contributed by atoms with Crippen molar-refractivity contribution in [2.24, 2.45) is 0 Å². The number of hydrogen-bond donors (Lipinski definition) is 1. The lowest BCUT2D eigenvalue weighted by Crippen LogP contribution is -2.29. The lowest BCUT2D eigenvalue weighted by atomic mass is 10.1. The van der Waals surface area contributed by atoms with E-state index in [1.54, 1.807) is 13.0 Å². The lowest BCUT2D eigenvalue weighted by Gasteiger charge is -2.19. The van der Waals surface area contributed by atoms with Crippen molar-refractivity contribution in [3.8, 4) is 6.07 Å². The normalized spacial score (nSPS) is 18.0. The zero-order valence-corrected chi connectivity index (χ0v) is 16.8. The van der Waals surface area contributed by atoms with E-state index in [1.165, 1.54) is 16.7 Å². The topological polar surface area (TPSA) is 73.2 Å². The summed E-state index contributed by atoms with van der Waals surface area (Å²) in [6.45, 7) is 5.72. The molecule has 1 heterocycles. The van der Waals surface area contributed by atoms with E-state index in [4.69, 9.17) is 0 Å². The summed E-state index contributed by atoms with van der Waals surface area (Å²) >= 11 is 1.23. The molecule has 0 bridgehead atoms. The molecule has 6 heteroatoms. The van der Waals surface area contributed by atoms with Gasteiger partial charge in [-0.1, -0.05) is 49.0 Å². The summed E-state index contributed by atoms with van der Waals surface area (Å²) in [6.07, 6.45) is 0.893. The standard InChI is InChI=1S/C22H21N3O2S/c1-4-16-9-11-17(12-10-16)25-21(27)15(3)28-22(25)18(13-23)20(26)24-19-8-6-5-7-14(19)2/h5-12,15H,4H2,1-3H3,(H,24,26)/b22-18-. The van der Waals surface area contributed by atoms with Crippen LogP contribution in [0.3, 0.4) is 0 Å². The van der Waals surface area contributed by atoms with Crippen LogP contribution in [0.25, 0.3) is 0 Å². The molecule has 5 nitrogen and oxygen atoms in total. The maximum atomic E-state index is 12.8. The lowest BCUT2D eigenvalue weighted by molar-refractivity contribution is -0.116. The molecule has 2 amide bonds. The second-order valence-corrected chi connectivity index (χ2v) is 7.84. The maximum absolute atomic E-state index is 12.8. The number of nitrogens with zero attached hydrogens (tertiary/aromatic N) is 2. The van der Waals surface area contributed by atoms with E-state index in [0.29, 0.717) is 16.4 Å². The molecule has 2 aromatic carbocycles. The van der Waals surface area contributed by atoms with Crippen LogP contribution in [0.2, 0.25) is 0 Å². The first-order valence-corrected chi connectivity index (χ1v) is 9.95. The molecule has 2 aromatic rings. The summed E-state index contributed by atoms with van der Waals surface area (Å²) in [4.78, 5) is 27.1. The predicted molar refractivity (Wildman–Crippen MR) is 113 cm³/mol. The number of nitrogens with one attached hydrogen (secondary N) is 1. The highest BCUT2D eigenvalue weighted by molar-refractivity contribution is 8.05. The fourth-order valence-electron chi connectivity index (χ4n) is 2.94. The third kappa shape index (κ3) is 3.80. The van der Waals surface area contributed by atoms with Crippen LogP contribution in [0.5, 0.6) is 0 Å². The third-order valence-electron chi connectivity index (χ3n) is 4.61. The third-order valence-corrected chi connectivity index (χ3v) is 5.77. The first kappa shape index (κ1) is 19.7. The molecule has 1 fully saturated rings. The Balaban J connectivity index is 2.00. The largest absolute Gasteiger partial charge is 0.321 e. The van der Waals surface area contributed by atoms with Gasteiger partial charge in [-0.15, -0.1) is 0 Å². The van der Waals surface area contributed by atoms with E-state index in [-0.39, 0.29) is 16.7 Å². The van der Waals surface area contributed by atoms with Gasteiger partial charge in [0.15, 0.2) is 0 Å². The average molecular weight is 391 g/mol. The smallest absolute Gasteiger partial charge is 0.269 e. The summed E-state index contributed by atoms with van der Waals surface area (Å²) in [6, 6.07) is 17.0. The summed E-state index contributed by atoms with van der Waals surface area (Å²) in [5.74, 6) is -0.655. The molecular formula is C22H21N3O2S. The number of para-hydroxylation sites is 1. The molecule has 142 valence electrons. The first-order chi connectivity index (χ1) is 13.5. The fraction of sp³-hybridized carbons (Fsp3) is 0.227. The second-order valence-electron chi connectivity index (χ2n) is 6.51. The van der Waals surface area contributed by atoms with Crippen LogP contribution in [0.1, 0.15) is 25.0 Å². The maximum Gasteiger partial charge on any atom is 0.269 e. The van der Waals surface area contributed by atoms with Gasteiger partial charge in [0.1, 0.15) is 16.7 Å². The second kappa shape index (κ2) is 8.32. The monoisotopic (exact) mass is 391 g/mol. The van der Waals surface area contributed by atoms with E-state index in [0.717, 1.165) is 17.5 Å². The number of nitriles is 1. The predicted octanol–water partition coefficient (Wildman–Crippen LogP) is 4.40. The molecule has 1 aliphatic heterocycles. The highest BCUT2D eigenvalue weighted by Crippen LogP contribution is 2.40. The number of rotatable bonds is 4. The van der Waals surface area contributed by atoms with Gasteiger partial charge < -0.3 is 5.32 Å². The van der Waals surface area contributed by atoms with Crippen LogP contribution in [0.15, 0.2) is 59.1 Å². The Labute approximate surface area is 169 Å². The molecule has 0 radical (unpaired) electrons. The van der Waals surface area contributed by atoms with Crippen molar-refractivity contribution >= 4 is 35.0 Å². The average Bonchev–Trinajstić information content (AvgIpc) is 2.99. The summed E-state index contributed by atoms with van der Waals surface area (Å²) in [7, 11) is 0. The Hall–Kier alpha value is -3.04. The van der Waals surface area contributed by atoms with Crippen molar-refractivity contribution in [2.75, 3.05) is 10.2 Å². The fourth-order valence-corrected chi connectivity index (χ4v) is 4.04. The van der Waals surface area contributed by atoms with Gasteiger partial charge in [0.25, 0.3) is 5.91 Å². The molecule has 0 spiro atoms. The van der Waals surface area contributed by atoms with Crippen LogP contribution in [-0.4, -0.2) is 17.1 Å². The van der Waals surface area contributed by atoms with E-state index in [1.807, 2.05) is 55.5 Å². The van der Waals surface area contributed by atoms with E-state index >= 15 is 0 Å². The zero-order chi connectivity index (χ0) is 20.3. The Bertz CT molecular complexity index is 990. The Morgan fingerprint density at radius 1 is 1.21 bits per heavy atom. The molecule has 1 saturated heterocycles. The number of carbonyl (C=O) groups is 2. The zero-order valence-electron chi connectivity index (χ0n) is 16.0. The van der Waals surface area contributed by atoms with Crippen LogP contribution in [-0.2, 0) is 16.0 Å². The minimum Gasteiger partial charge on any atom is -0.321 e. The van der Waals surface area contributed by atoms with Crippen LogP contribution in [0, 0.1) is 18.3 Å². The molecule has 1 aliphatic rings. The molecule has 1 N–H and O–H groups in total. The van der Waals surface area contributed by atoms with E-state index in [2.05, 4.69) is 12.2 Å². The van der Waals surface area contributed by atoms with Gasteiger partial charge in [-0.25, -0.2) is 0 Å². The highest BCUT2D eigenvalue weighted by Gasteiger charge is 2.38. The van der Waals surface area contributed by atoms with Gasteiger partial charge in [-0.3, -0.25) is 14.5 Å². The van der Waals surface area contributed by atoms with Crippen molar-refractivity contribution in [3.63, 3.8) is 0 Å².